The van der Waals surface area contributed by atoms with E-state index in [1.807, 2.05) is 36.4 Å². The molecular formula is C26H30N4O3. The van der Waals surface area contributed by atoms with Crippen LogP contribution in [-0.2, 0) is 13.1 Å². The Morgan fingerprint density at radius 3 is 2.45 bits per heavy atom. The number of pyridine rings is 1. The number of hydrogen-bond acceptors (Lipinski definition) is 7. The Morgan fingerprint density at radius 2 is 1.67 bits per heavy atom. The molecule has 1 fully saturated rings. The molecular weight excluding hydrogens is 416 g/mol. The SMILES string of the molecule is O=c1c(NC/C=C\COc2cccc(CN3CCCCC3)c2)c(NCc2ccncc2)c1=O. The average Bonchev–Trinajstić information content (AvgIpc) is 2.86. The summed E-state index contributed by atoms with van der Waals surface area (Å²) >= 11 is 0. The van der Waals surface area contributed by atoms with Crippen molar-refractivity contribution >= 4 is 11.4 Å². The fourth-order valence-corrected chi connectivity index (χ4v) is 3.99. The van der Waals surface area contributed by atoms with Crippen molar-refractivity contribution in [2.24, 2.45) is 0 Å². The van der Waals surface area contributed by atoms with Crippen LogP contribution in [0.3, 0.4) is 0 Å². The van der Waals surface area contributed by atoms with Crippen molar-refractivity contribution in [3.05, 3.63) is 92.5 Å². The first-order valence-electron chi connectivity index (χ1n) is 11.5. The molecule has 0 radical (unpaired) electrons. The van der Waals surface area contributed by atoms with E-state index in [4.69, 9.17) is 4.74 Å². The molecule has 2 heterocycles. The summed E-state index contributed by atoms with van der Waals surface area (Å²) in [4.78, 5) is 30.2. The smallest absolute Gasteiger partial charge is 0.253 e. The van der Waals surface area contributed by atoms with Gasteiger partial charge in [0.1, 0.15) is 23.7 Å². The van der Waals surface area contributed by atoms with E-state index in [2.05, 4.69) is 32.7 Å². The second kappa shape index (κ2) is 11.4. The van der Waals surface area contributed by atoms with Crippen LogP contribution >= 0.6 is 0 Å². The molecule has 0 atom stereocenters. The quantitative estimate of drug-likeness (QED) is 0.345. The van der Waals surface area contributed by atoms with Crippen LogP contribution in [-0.4, -0.2) is 36.1 Å². The minimum absolute atomic E-state index is 0.338. The third kappa shape index (κ3) is 6.29. The summed E-state index contributed by atoms with van der Waals surface area (Å²) < 4.78 is 5.85. The van der Waals surface area contributed by atoms with Crippen LogP contribution in [0.4, 0.5) is 11.4 Å². The molecule has 3 aromatic rings. The second-order valence-electron chi connectivity index (χ2n) is 8.26. The van der Waals surface area contributed by atoms with Crippen LogP contribution in [0, 0.1) is 0 Å². The molecule has 0 spiro atoms. The zero-order valence-corrected chi connectivity index (χ0v) is 18.8. The Kier molecular flexibility index (Phi) is 7.87. The van der Waals surface area contributed by atoms with Crippen molar-refractivity contribution in [2.75, 3.05) is 36.9 Å². The van der Waals surface area contributed by atoms with Crippen molar-refractivity contribution < 1.29 is 4.74 Å². The second-order valence-corrected chi connectivity index (χ2v) is 8.26. The highest BCUT2D eigenvalue weighted by Gasteiger charge is 2.19. The third-order valence-corrected chi connectivity index (χ3v) is 5.79. The number of rotatable bonds is 11. The standard InChI is InChI=1S/C26H30N4O3/c31-25-23(24(26(25)32)29-18-20-9-12-27-13-10-20)28-11-2-5-16-33-22-8-6-7-21(17-22)19-30-14-3-1-4-15-30/h2,5-10,12-13,17,28-29H,1,3-4,11,14-16,18-19H2/b5-2-. The molecule has 0 amide bonds. The topological polar surface area (TPSA) is 83.6 Å². The van der Waals surface area contributed by atoms with Gasteiger partial charge in [-0.2, -0.15) is 0 Å². The van der Waals surface area contributed by atoms with Gasteiger partial charge in [0.2, 0.25) is 0 Å². The number of anilines is 2. The van der Waals surface area contributed by atoms with E-state index in [9.17, 15) is 9.59 Å². The summed E-state index contributed by atoms with van der Waals surface area (Å²) in [5, 5.41) is 6.07. The Morgan fingerprint density at radius 1 is 0.909 bits per heavy atom. The van der Waals surface area contributed by atoms with Crippen molar-refractivity contribution in [2.45, 2.75) is 32.4 Å². The van der Waals surface area contributed by atoms with Crippen LogP contribution in [0.15, 0.2) is 70.5 Å². The summed E-state index contributed by atoms with van der Waals surface area (Å²) in [6, 6.07) is 12.0. The van der Waals surface area contributed by atoms with Gasteiger partial charge in [-0.1, -0.05) is 24.6 Å². The highest BCUT2D eigenvalue weighted by Crippen LogP contribution is 2.18. The fourth-order valence-electron chi connectivity index (χ4n) is 3.99. The van der Waals surface area contributed by atoms with E-state index in [1.165, 1.54) is 37.9 Å². The number of ether oxygens (including phenoxy) is 1. The number of hydrogen-bond donors (Lipinski definition) is 2. The van der Waals surface area contributed by atoms with Crippen LogP contribution < -0.4 is 26.2 Å². The lowest BCUT2D eigenvalue weighted by Gasteiger charge is -2.26. The molecule has 7 nitrogen and oxygen atoms in total. The van der Waals surface area contributed by atoms with Gasteiger partial charge < -0.3 is 15.4 Å². The van der Waals surface area contributed by atoms with Crippen molar-refractivity contribution in [3.63, 3.8) is 0 Å². The molecule has 33 heavy (non-hydrogen) atoms. The van der Waals surface area contributed by atoms with E-state index in [0.29, 0.717) is 31.1 Å². The van der Waals surface area contributed by atoms with Crippen LogP contribution in [0.25, 0.3) is 0 Å². The maximum absolute atomic E-state index is 11.9. The zero-order chi connectivity index (χ0) is 22.9. The van der Waals surface area contributed by atoms with E-state index in [1.54, 1.807) is 12.4 Å². The van der Waals surface area contributed by atoms with Crippen LogP contribution in [0.2, 0.25) is 0 Å². The molecule has 0 aliphatic carbocycles. The van der Waals surface area contributed by atoms with Gasteiger partial charge in [0, 0.05) is 32.0 Å². The molecule has 2 aromatic carbocycles. The largest absolute Gasteiger partial charge is 0.490 e. The van der Waals surface area contributed by atoms with Gasteiger partial charge in [0.15, 0.2) is 0 Å². The monoisotopic (exact) mass is 446 g/mol. The minimum Gasteiger partial charge on any atom is -0.490 e. The number of likely N-dealkylation sites (tertiary alicyclic amines) is 1. The van der Waals surface area contributed by atoms with Crippen LogP contribution in [0.1, 0.15) is 30.4 Å². The summed E-state index contributed by atoms with van der Waals surface area (Å²) in [6.07, 6.45) is 11.1. The highest BCUT2D eigenvalue weighted by atomic mass is 16.5. The van der Waals surface area contributed by atoms with Crippen molar-refractivity contribution in [1.82, 2.24) is 9.88 Å². The number of benzene rings is 1. The normalized spacial score (nSPS) is 14.5. The molecule has 1 aromatic heterocycles. The fraction of sp³-hybridized carbons (Fsp3) is 0.346. The molecule has 1 saturated heterocycles. The van der Waals surface area contributed by atoms with Gasteiger partial charge in [-0.3, -0.25) is 19.5 Å². The third-order valence-electron chi connectivity index (χ3n) is 5.79. The summed E-state index contributed by atoms with van der Waals surface area (Å²) in [5.74, 6) is 0.854. The minimum atomic E-state index is -0.484. The first kappa shape index (κ1) is 22.7. The maximum Gasteiger partial charge on any atom is 0.253 e. The lowest BCUT2D eigenvalue weighted by molar-refractivity contribution is 0.220. The van der Waals surface area contributed by atoms with Gasteiger partial charge in [-0.05, 0) is 67.4 Å². The van der Waals surface area contributed by atoms with E-state index >= 15 is 0 Å². The van der Waals surface area contributed by atoms with Gasteiger partial charge >= 0.3 is 0 Å². The number of nitrogens with one attached hydrogen (secondary N) is 2. The average molecular weight is 447 g/mol. The van der Waals surface area contributed by atoms with Gasteiger partial charge in [0.25, 0.3) is 10.9 Å². The summed E-state index contributed by atoms with van der Waals surface area (Å²) in [7, 11) is 0. The summed E-state index contributed by atoms with van der Waals surface area (Å²) in [5.41, 5.74) is 1.97. The molecule has 0 saturated carbocycles. The van der Waals surface area contributed by atoms with Crippen molar-refractivity contribution in [3.8, 4) is 5.75 Å². The van der Waals surface area contributed by atoms with E-state index < -0.39 is 10.9 Å². The molecule has 2 N–H and O–H groups in total. The molecule has 0 bridgehead atoms. The molecule has 1 aliphatic rings. The lowest BCUT2D eigenvalue weighted by Crippen LogP contribution is -2.37. The van der Waals surface area contributed by atoms with E-state index in [-0.39, 0.29) is 0 Å². The molecule has 4 rings (SSSR count). The Hall–Kier alpha value is -3.45. The Labute approximate surface area is 193 Å². The van der Waals surface area contributed by atoms with E-state index in [0.717, 1.165) is 17.9 Å². The number of piperidine rings is 1. The summed E-state index contributed by atoms with van der Waals surface area (Å²) in [6.45, 7) is 4.65. The van der Waals surface area contributed by atoms with Crippen LogP contribution in [0.5, 0.6) is 5.75 Å². The van der Waals surface area contributed by atoms with Gasteiger partial charge in [-0.15, -0.1) is 0 Å². The maximum atomic E-state index is 11.9. The molecule has 172 valence electrons. The predicted molar refractivity (Wildman–Crippen MR) is 132 cm³/mol. The predicted octanol–water partition coefficient (Wildman–Crippen LogP) is 3.32. The number of aromatic nitrogens is 1. The van der Waals surface area contributed by atoms with Gasteiger partial charge in [-0.25, -0.2) is 0 Å². The van der Waals surface area contributed by atoms with Crippen molar-refractivity contribution in [1.29, 1.82) is 0 Å². The molecule has 7 heteroatoms. The molecule has 0 unspecified atom stereocenters. The molecule has 1 aliphatic heterocycles. The zero-order valence-electron chi connectivity index (χ0n) is 18.8. The Bertz CT molecular complexity index is 1130. The Balaban J connectivity index is 1.20. The first-order chi connectivity index (χ1) is 16.2. The highest BCUT2D eigenvalue weighted by molar-refractivity contribution is 5.74. The van der Waals surface area contributed by atoms with Gasteiger partial charge in [0.05, 0.1) is 0 Å². The number of nitrogens with zero attached hydrogens (tertiary/aromatic N) is 2. The lowest BCUT2D eigenvalue weighted by atomic mass is 10.1. The first-order valence-corrected chi connectivity index (χ1v) is 11.5.